The molecular formula is C17H23N3O3. The first-order valence-corrected chi connectivity index (χ1v) is 8.21. The minimum atomic E-state index is -0.396. The lowest BCUT2D eigenvalue weighted by molar-refractivity contribution is -0.121. The molecule has 1 unspecified atom stereocenters. The summed E-state index contributed by atoms with van der Waals surface area (Å²) >= 11 is 0. The molecule has 0 aromatic heterocycles. The Balaban J connectivity index is 1.46. The third-order valence-corrected chi connectivity index (χ3v) is 4.31. The number of rotatable bonds is 6. The van der Waals surface area contributed by atoms with E-state index < -0.39 is 6.04 Å². The molecule has 2 saturated heterocycles. The van der Waals surface area contributed by atoms with E-state index >= 15 is 0 Å². The summed E-state index contributed by atoms with van der Waals surface area (Å²) in [5.41, 5.74) is 0.653. The molecule has 0 bridgehead atoms. The van der Waals surface area contributed by atoms with Crippen LogP contribution in [0.3, 0.4) is 0 Å². The van der Waals surface area contributed by atoms with Crippen LogP contribution in [0.1, 0.15) is 12.8 Å². The van der Waals surface area contributed by atoms with Gasteiger partial charge in [-0.1, -0.05) is 18.2 Å². The molecule has 2 aliphatic heterocycles. The monoisotopic (exact) mass is 317 g/mol. The van der Waals surface area contributed by atoms with Crippen LogP contribution in [0.5, 0.6) is 0 Å². The predicted octanol–water partition coefficient (Wildman–Crippen LogP) is 0.630. The highest BCUT2D eigenvalue weighted by atomic mass is 16.5. The van der Waals surface area contributed by atoms with Gasteiger partial charge in [0.1, 0.15) is 0 Å². The van der Waals surface area contributed by atoms with Crippen molar-refractivity contribution in [1.82, 2.24) is 10.2 Å². The fraction of sp³-hybridized carbons (Fsp3) is 0.529. The first kappa shape index (κ1) is 16.1. The second-order valence-corrected chi connectivity index (χ2v) is 5.92. The van der Waals surface area contributed by atoms with Crippen LogP contribution in [0.4, 0.5) is 5.69 Å². The summed E-state index contributed by atoms with van der Waals surface area (Å²) in [6.45, 7) is 5.28. The number of hydrogen-bond acceptors (Lipinski definition) is 5. The molecule has 6 nitrogen and oxygen atoms in total. The van der Waals surface area contributed by atoms with E-state index in [1.54, 1.807) is 12.1 Å². The summed E-state index contributed by atoms with van der Waals surface area (Å²) < 4.78 is 5.32. The highest BCUT2D eigenvalue weighted by Crippen LogP contribution is 2.22. The SMILES string of the molecule is O=C1CC(NCCCN2CCOCC2)C(=O)N1c1ccccc1. The number of imide groups is 1. The number of hydrogen-bond donors (Lipinski definition) is 1. The number of benzene rings is 1. The molecule has 1 aromatic carbocycles. The Kier molecular flexibility index (Phi) is 5.38. The lowest BCUT2D eigenvalue weighted by atomic mass is 10.2. The van der Waals surface area contributed by atoms with Crippen LogP contribution >= 0.6 is 0 Å². The van der Waals surface area contributed by atoms with Crippen LogP contribution in [-0.2, 0) is 14.3 Å². The number of amides is 2. The third-order valence-electron chi connectivity index (χ3n) is 4.31. The van der Waals surface area contributed by atoms with E-state index in [9.17, 15) is 9.59 Å². The standard InChI is InChI=1S/C17H23N3O3/c21-16-13-15(17(22)20(16)14-5-2-1-3-6-14)18-7-4-8-19-9-11-23-12-10-19/h1-3,5-6,15,18H,4,7-13H2. The van der Waals surface area contributed by atoms with Crippen LogP contribution in [0.15, 0.2) is 30.3 Å². The first-order valence-electron chi connectivity index (χ1n) is 8.21. The Morgan fingerprint density at radius 3 is 2.61 bits per heavy atom. The smallest absolute Gasteiger partial charge is 0.251 e. The van der Waals surface area contributed by atoms with Gasteiger partial charge in [-0.15, -0.1) is 0 Å². The summed E-state index contributed by atoms with van der Waals surface area (Å²) in [6, 6.07) is 8.72. The number of anilines is 1. The van der Waals surface area contributed by atoms with Gasteiger partial charge in [0.15, 0.2) is 0 Å². The topological polar surface area (TPSA) is 61.9 Å². The molecule has 2 heterocycles. The summed E-state index contributed by atoms with van der Waals surface area (Å²) in [7, 11) is 0. The van der Waals surface area contributed by atoms with E-state index in [4.69, 9.17) is 4.74 Å². The lowest BCUT2D eigenvalue weighted by Crippen LogP contribution is -2.41. The summed E-state index contributed by atoms with van der Waals surface area (Å²) in [5, 5.41) is 3.23. The number of nitrogens with zero attached hydrogens (tertiary/aromatic N) is 2. The maximum Gasteiger partial charge on any atom is 0.251 e. The Morgan fingerprint density at radius 2 is 1.87 bits per heavy atom. The van der Waals surface area contributed by atoms with E-state index in [1.165, 1.54) is 4.90 Å². The number of ether oxygens (including phenoxy) is 1. The Labute approximate surface area is 136 Å². The van der Waals surface area contributed by atoms with E-state index in [1.807, 2.05) is 18.2 Å². The second-order valence-electron chi connectivity index (χ2n) is 5.92. The van der Waals surface area contributed by atoms with Crippen molar-refractivity contribution in [3.05, 3.63) is 30.3 Å². The normalized spacial score (nSPS) is 22.8. The number of carbonyl (C=O) groups excluding carboxylic acids is 2. The molecule has 2 aliphatic rings. The molecule has 0 aliphatic carbocycles. The van der Waals surface area contributed by atoms with Crippen LogP contribution in [0, 0.1) is 0 Å². The summed E-state index contributed by atoms with van der Waals surface area (Å²) in [4.78, 5) is 28.2. The van der Waals surface area contributed by atoms with Crippen LogP contribution < -0.4 is 10.2 Å². The van der Waals surface area contributed by atoms with Gasteiger partial charge in [-0.25, -0.2) is 4.90 Å². The van der Waals surface area contributed by atoms with Crippen molar-refractivity contribution in [3.8, 4) is 0 Å². The van der Waals surface area contributed by atoms with Gasteiger partial charge in [0.2, 0.25) is 5.91 Å². The summed E-state index contributed by atoms with van der Waals surface area (Å²) in [5.74, 6) is -0.278. The Bertz CT molecular complexity index is 543. The molecule has 2 amide bonds. The van der Waals surface area contributed by atoms with Crippen LogP contribution in [0.25, 0.3) is 0 Å². The third kappa shape index (κ3) is 3.96. The maximum absolute atomic E-state index is 12.4. The molecule has 23 heavy (non-hydrogen) atoms. The molecule has 6 heteroatoms. The molecular weight excluding hydrogens is 294 g/mol. The van der Waals surface area contributed by atoms with Gasteiger partial charge in [0, 0.05) is 13.1 Å². The molecule has 1 aromatic rings. The van der Waals surface area contributed by atoms with E-state index in [2.05, 4.69) is 10.2 Å². The van der Waals surface area contributed by atoms with Crippen molar-refractivity contribution in [3.63, 3.8) is 0 Å². The fourth-order valence-electron chi connectivity index (χ4n) is 3.04. The lowest BCUT2D eigenvalue weighted by Gasteiger charge is -2.26. The van der Waals surface area contributed by atoms with Crippen molar-refractivity contribution in [1.29, 1.82) is 0 Å². The van der Waals surface area contributed by atoms with Gasteiger partial charge in [0.25, 0.3) is 5.91 Å². The van der Waals surface area contributed by atoms with Crippen molar-refractivity contribution in [2.75, 3.05) is 44.3 Å². The van der Waals surface area contributed by atoms with E-state index in [0.717, 1.165) is 45.8 Å². The predicted molar refractivity (Wildman–Crippen MR) is 87.2 cm³/mol. The zero-order valence-electron chi connectivity index (χ0n) is 13.2. The molecule has 1 N–H and O–H groups in total. The Hall–Kier alpha value is -1.76. The average Bonchev–Trinajstić information content (AvgIpc) is 2.87. The van der Waals surface area contributed by atoms with E-state index in [-0.39, 0.29) is 18.2 Å². The average molecular weight is 317 g/mol. The fourth-order valence-corrected chi connectivity index (χ4v) is 3.04. The quantitative estimate of drug-likeness (QED) is 0.616. The number of nitrogens with one attached hydrogen (secondary N) is 1. The minimum absolute atomic E-state index is 0.133. The van der Waals surface area contributed by atoms with Crippen molar-refractivity contribution in [2.45, 2.75) is 18.9 Å². The molecule has 3 rings (SSSR count). The molecule has 124 valence electrons. The van der Waals surface area contributed by atoms with Crippen LogP contribution in [0.2, 0.25) is 0 Å². The molecule has 0 radical (unpaired) electrons. The zero-order valence-corrected chi connectivity index (χ0v) is 13.2. The highest BCUT2D eigenvalue weighted by molar-refractivity contribution is 6.22. The van der Waals surface area contributed by atoms with Gasteiger partial charge in [0.05, 0.1) is 31.4 Å². The Morgan fingerprint density at radius 1 is 1.13 bits per heavy atom. The maximum atomic E-state index is 12.4. The second kappa shape index (κ2) is 7.68. The number of carbonyl (C=O) groups is 2. The molecule has 1 atom stereocenters. The van der Waals surface area contributed by atoms with Crippen LogP contribution in [-0.4, -0.2) is 62.1 Å². The number of morpholine rings is 1. The number of para-hydroxylation sites is 1. The minimum Gasteiger partial charge on any atom is -0.379 e. The van der Waals surface area contributed by atoms with Gasteiger partial charge < -0.3 is 10.1 Å². The zero-order chi connectivity index (χ0) is 16.1. The molecule has 0 spiro atoms. The van der Waals surface area contributed by atoms with E-state index in [0.29, 0.717) is 5.69 Å². The molecule has 0 saturated carbocycles. The van der Waals surface area contributed by atoms with Gasteiger partial charge >= 0.3 is 0 Å². The molecule has 2 fully saturated rings. The highest BCUT2D eigenvalue weighted by Gasteiger charge is 2.38. The van der Waals surface area contributed by atoms with Gasteiger partial charge in [-0.05, 0) is 31.6 Å². The van der Waals surface area contributed by atoms with Gasteiger partial charge in [-0.3, -0.25) is 14.5 Å². The summed E-state index contributed by atoms with van der Waals surface area (Å²) in [6.07, 6.45) is 1.20. The van der Waals surface area contributed by atoms with Crippen molar-refractivity contribution < 1.29 is 14.3 Å². The van der Waals surface area contributed by atoms with Crippen molar-refractivity contribution >= 4 is 17.5 Å². The largest absolute Gasteiger partial charge is 0.379 e. The van der Waals surface area contributed by atoms with Crippen molar-refractivity contribution in [2.24, 2.45) is 0 Å². The first-order chi connectivity index (χ1) is 11.3. The van der Waals surface area contributed by atoms with Gasteiger partial charge in [-0.2, -0.15) is 0 Å².